The van der Waals surface area contributed by atoms with E-state index in [0.29, 0.717) is 11.8 Å². The lowest BCUT2D eigenvalue weighted by molar-refractivity contribution is 0.674. The molecule has 1 aliphatic rings. The molecular formula is C13H20. The zero-order chi connectivity index (χ0) is 9.52. The molecule has 0 aromatic rings. The first-order chi connectivity index (χ1) is 6.36. The Kier molecular flexibility index (Phi) is 4.59. The zero-order valence-corrected chi connectivity index (χ0v) is 8.74. The van der Waals surface area contributed by atoms with Gasteiger partial charge in [0.1, 0.15) is 0 Å². The van der Waals surface area contributed by atoms with Crippen molar-refractivity contribution in [1.29, 1.82) is 0 Å². The number of allylic oxidation sites excluding steroid dienone is 6. The van der Waals surface area contributed by atoms with Gasteiger partial charge in [-0.25, -0.2) is 0 Å². The maximum Gasteiger partial charge on any atom is -0.00447 e. The minimum atomic E-state index is 0.682. The van der Waals surface area contributed by atoms with Gasteiger partial charge in [-0.1, -0.05) is 49.8 Å². The number of hydrogen-bond acceptors (Lipinski definition) is 0. The second-order valence-corrected chi connectivity index (χ2v) is 3.69. The summed E-state index contributed by atoms with van der Waals surface area (Å²) in [6.45, 7) is 4.31. The van der Waals surface area contributed by atoms with E-state index in [1.165, 1.54) is 19.3 Å². The van der Waals surface area contributed by atoms with Crippen LogP contribution in [0.25, 0.3) is 0 Å². The van der Waals surface area contributed by atoms with Gasteiger partial charge in [-0.05, 0) is 31.6 Å². The molecule has 0 aromatic heterocycles. The molecule has 0 N–H and O–H groups in total. The Morgan fingerprint density at radius 1 is 1.23 bits per heavy atom. The Bertz CT molecular complexity index is 206. The van der Waals surface area contributed by atoms with Crippen LogP contribution in [0.2, 0.25) is 0 Å². The molecule has 0 fully saturated rings. The Balaban J connectivity index is 2.30. The Morgan fingerprint density at radius 3 is 2.54 bits per heavy atom. The summed E-state index contributed by atoms with van der Waals surface area (Å²) in [7, 11) is 0. The van der Waals surface area contributed by atoms with Crippen LogP contribution in [0.5, 0.6) is 0 Å². The van der Waals surface area contributed by atoms with Gasteiger partial charge in [0.05, 0.1) is 0 Å². The highest BCUT2D eigenvalue weighted by Crippen LogP contribution is 2.25. The average molecular weight is 176 g/mol. The van der Waals surface area contributed by atoms with E-state index in [2.05, 4.69) is 50.3 Å². The largest absolute Gasteiger partial charge is 0.0911 e. The van der Waals surface area contributed by atoms with Crippen LogP contribution in [0.1, 0.15) is 33.1 Å². The Morgan fingerprint density at radius 2 is 1.92 bits per heavy atom. The maximum atomic E-state index is 2.35. The van der Waals surface area contributed by atoms with Crippen LogP contribution in [0.15, 0.2) is 36.5 Å². The normalized spacial score (nSPS) is 28.2. The van der Waals surface area contributed by atoms with Crippen LogP contribution in [0.4, 0.5) is 0 Å². The van der Waals surface area contributed by atoms with Gasteiger partial charge in [0.2, 0.25) is 0 Å². The molecule has 72 valence electrons. The Labute approximate surface area is 82.0 Å². The van der Waals surface area contributed by atoms with Crippen molar-refractivity contribution in [3.05, 3.63) is 36.5 Å². The average Bonchev–Trinajstić information content (AvgIpc) is 2.54. The molecule has 1 aliphatic carbocycles. The second-order valence-electron chi connectivity index (χ2n) is 3.69. The molecule has 0 saturated carbocycles. The van der Waals surface area contributed by atoms with Crippen molar-refractivity contribution in [1.82, 2.24) is 0 Å². The van der Waals surface area contributed by atoms with E-state index >= 15 is 0 Å². The van der Waals surface area contributed by atoms with E-state index in [1.54, 1.807) is 0 Å². The first kappa shape index (κ1) is 10.3. The smallest absolute Gasteiger partial charge is 0.00447 e. The highest BCUT2D eigenvalue weighted by Gasteiger charge is 2.13. The fraction of sp³-hybridized carbons (Fsp3) is 0.538. The predicted molar refractivity (Wildman–Crippen MR) is 59.6 cm³/mol. The lowest BCUT2D eigenvalue weighted by Crippen LogP contribution is -1.91. The van der Waals surface area contributed by atoms with Crippen LogP contribution in [-0.2, 0) is 0 Å². The molecule has 1 rings (SSSR count). The minimum Gasteiger partial charge on any atom is -0.0911 e. The number of hydrogen-bond donors (Lipinski definition) is 0. The van der Waals surface area contributed by atoms with E-state index < -0.39 is 0 Å². The molecule has 0 heteroatoms. The lowest BCUT2D eigenvalue weighted by atomic mass is 10.0. The van der Waals surface area contributed by atoms with Crippen molar-refractivity contribution in [2.24, 2.45) is 11.8 Å². The highest BCUT2D eigenvalue weighted by molar-refractivity contribution is 5.14. The number of unbranched alkanes of at least 4 members (excludes halogenated alkanes) is 1. The summed E-state index contributed by atoms with van der Waals surface area (Å²) in [6, 6.07) is 0. The molecule has 0 bridgehead atoms. The summed E-state index contributed by atoms with van der Waals surface area (Å²) in [5.41, 5.74) is 0. The predicted octanol–water partition coefficient (Wildman–Crippen LogP) is 4.11. The first-order valence-corrected chi connectivity index (χ1v) is 5.34. The zero-order valence-electron chi connectivity index (χ0n) is 8.74. The lowest BCUT2D eigenvalue weighted by Gasteiger charge is -2.03. The van der Waals surface area contributed by atoms with Crippen molar-refractivity contribution in [2.75, 3.05) is 0 Å². The van der Waals surface area contributed by atoms with Crippen LogP contribution in [0, 0.1) is 11.8 Å². The minimum absolute atomic E-state index is 0.682. The van der Waals surface area contributed by atoms with Gasteiger partial charge in [-0.3, -0.25) is 0 Å². The van der Waals surface area contributed by atoms with E-state index in [-0.39, 0.29) is 0 Å². The van der Waals surface area contributed by atoms with Crippen molar-refractivity contribution < 1.29 is 0 Å². The van der Waals surface area contributed by atoms with E-state index in [9.17, 15) is 0 Å². The van der Waals surface area contributed by atoms with Crippen molar-refractivity contribution in [2.45, 2.75) is 33.1 Å². The summed E-state index contributed by atoms with van der Waals surface area (Å²) in [5, 5.41) is 0. The van der Waals surface area contributed by atoms with Gasteiger partial charge in [0, 0.05) is 0 Å². The molecule has 2 atom stereocenters. The maximum absolute atomic E-state index is 2.35. The van der Waals surface area contributed by atoms with Gasteiger partial charge in [-0.15, -0.1) is 0 Å². The van der Waals surface area contributed by atoms with Gasteiger partial charge in [0.25, 0.3) is 0 Å². The SMILES string of the molecule is C/C=C/C1C=CC(/C=C/CCC)C1. The van der Waals surface area contributed by atoms with Gasteiger partial charge < -0.3 is 0 Å². The van der Waals surface area contributed by atoms with E-state index in [0.717, 1.165) is 0 Å². The molecule has 0 aromatic carbocycles. The summed E-state index contributed by atoms with van der Waals surface area (Å²) >= 11 is 0. The fourth-order valence-electron chi connectivity index (χ4n) is 1.73. The summed E-state index contributed by atoms with van der Waals surface area (Å²) < 4.78 is 0. The number of rotatable bonds is 4. The third kappa shape index (κ3) is 3.63. The second kappa shape index (κ2) is 5.80. The van der Waals surface area contributed by atoms with Crippen molar-refractivity contribution in [3.8, 4) is 0 Å². The topological polar surface area (TPSA) is 0 Å². The third-order valence-electron chi connectivity index (χ3n) is 2.43. The van der Waals surface area contributed by atoms with Crippen LogP contribution in [0.3, 0.4) is 0 Å². The third-order valence-corrected chi connectivity index (χ3v) is 2.43. The molecular weight excluding hydrogens is 156 g/mol. The quantitative estimate of drug-likeness (QED) is 0.565. The van der Waals surface area contributed by atoms with Crippen LogP contribution in [-0.4, -0.2) is 0 Å². The highest BCUT2D eigenvalue weighted by atomic mass is 14.2. The van der Waals surface area contributed by atoms with Gasteiger partial charge in [-0.2, -0.15) is 0 Å². The molecule has 0 spiro atoms. The van der Waals surface area contributed by atoms with E-state index in [1.807, 2.05) is 0 Å². The molecule has 0 amide bonds. The summed E-state index contributed by atoms with van der Waals surface area (Å²) in [5.74, 6) is 1.37. The van der Waals surface area contributed by atoms with Crippen molar-refractivity contribution in [3.63, 3.8) is 0 Å². The first-order valence-electron chi connectivity index (χ1n) is 5.34. The van der Waals surface area contributed by atoms with Crippen LogP contribution < -0.4 is 0 Å². The monoisotopic (exact) mass is 176 g/mol. The van der Waals surface area contributed by atoms with Gasteiger partial charge >= 0.3 is 0 Å². The molecule has 0 aliphatic heterocycles. The fourth-order valence-corrected chi connectivity index (χ4v) is 1.73. The summed E-state index contributed by atoms with van der Waals surface area (Å²) in [4.78, 5) is 0. The molecule has 0 nitrogen and oxygen atoms in total. The molecule has 0 radical (unpaired) electrons. The standard InChI is InChI=1S/C13H20/c1-3-5-6-8-13-10-9-12(11-13)7-4-2/h4,6-10,12-13H,3,5,11H2,1-2H3/b7-4+,8-6+. The van der Waals surface area contributed by atoms with Crippen molar-refractivity contribution >= 4 is 0 Å². The van der Waals surface area contributed by atoms with Crippen LogP contribution >= 0.6 is 0 Å². The van der Waals surface area contributed by atoms with E-state index in [4.69, 9.17) is 0 Å². The Hall–Kier alpha value is -0.780. The summed E-state index contributed by atoms with van der Waals surface area (Å²) in [6.07, 6.45) is 17.5. The molecule has 13 heavy (non-hydrogen) atoms. The molecule has 0 heterocycles. The van der Waals surface area contributed by atoms with Gasteiger partial charge in [0.15, 0.2) is 0 Å². The molecule has 2 unspecified atom stereocenters. The molecule has 0 saturated heterocycles.